The van der Waals surface area contributed by atoms with Crippen molar-refractivity contribution in [3.8, 4) is 11.5 Å². The van der Waals surface area contributed by atoms with Crippen LogP contribution >= 0.6 is 0 Å². The Bertz CT molecular complexity index is 792. The average molecular weight is 384 g/mol. The lowest BCUT2D eigenvalue weighted by atomic mass is 10.2. The second kappa shape index (κ2) is 11.0. The number of hydrogen-bond acceptors (Lipinski definition) is 4. The Balaban J connectivity index is 1.79. The van der Waals surface area contributed by atoms with Crippen LogP contribution < -0.4 is 14.8 Å². The largest absolute Gasteiger partial charge is 0.495 e. The third-order valence-corrected chi connectivity index (χ3v) is 4.34. The highest BCUT2D eigenvalue weighted by molar-refractivity contribution is 5.95. The van der Waals surface area contributed by atoms with Crippen molar-refractivity contribution < 1.29 is 19.1 Å². The van der Waals surface area contributed by atoms with E-state index in [9.17, 15) is 9.59 Å². The van der Waals surface area contributed by atoms with E-state index in [1.807, 2.05) is 50.2 Å². The lowest BCUT2D eigenvalue weighted by molar-refractivity contribution is -0.134. The highest BCUT2D eigenvalue weighted by Gasteiger charge is 2.16. The van der Waals surface area contributed by atoms with Crippen LogP contribution in [0.1, 0.15) is 25.3 Å². The Morgan fingerprint density at radius 3 is 2.39 bits per heavy atom. The first-order valence-corrected chi connectivity index (χ1v) is 9.44. The van der Waals surface area contributed by atoms with Crippen LogP contribution in [0, 0.1) is 6.92 Å². The molecule has 2 aromatic carbocycles. The van der Waals surface area contributed by atoms with Gasteiger partial charge in [-0.3, -0.25) is 9.59 Å². The minimum atomic E-state index is -0.254. The van der Waals surface area contributed by atoms with Gasteiger partial charge in [0.1, 0.15) is 11.5 Å². The van der Waals surface area contributed by atoms with Crippen LogP contribution in [0.2, 0.25) is 0 Å². The van der Waals surface area contributed by atoms with Crippen molar-refractivity contribution in [3.63, 3.8) is 0 Å². The summed E-state index contributed by atoms with van der Waals surface area (Å²) in [5.41, 5.74) is 1.65. The first-order chi connectivity index (χ1) is 13.5. The number of aryl methyl sites for hydroxylation is 1. The molecule has 2 rings (SSSR count). The van der Waals surface area contributed by atoms with Crippen LogP contribution in [0.5, 0.6) is 11.5 Å². The summed E-state index contributed by atoms with van der Waals surface area (Å²) in [4.78, 5) is 26.3. The van der Waals surface area contributed by atoms with Gasteiger partial charge >= 0.3 is 0 Å². The number of nitrogens with one attached hydrogen (secondary N) is 1. The van der Waals surface area contributed by atoms with Crippen LogP contribution in [0.15, 0.2) is 48.5 Å². The number of amides is 2. The first kappa shape index (κ1) is 21.3. The van der Waals surface area contributed by atoms with Crippen molar-refractivity contribution in [2.45, 2.75) is 26.7 Å². The van der Waals surface area contributed by atoms with Gasteiger partial charge in [-0.05, 0) is 44.0 Å². The SMILES string of the molecule is CCN(CC(=O)Nc1ccccc1OC)C(=O)CCCOc1ccccc1C. The van der Waals surface area contributed by atoms with Crippen LogP contribution in [-0.2, 0) is 9.59 Å². The maximum Gasteiger partial charge on any atom is 0.244 e. The topological polar surface area (TPSA) is 67.9 Å². The number of likely N-dealkylation sites (N-methyl/N-ethyl adjacent to an activating group) is 1. The Morgan fingerprint density at radius 1 is 1.04 bits per heavy atom. The molecule has 1 N–H and O–H groups in total. The Hall–Kier alpha value is -3.02. The molecule has 0 spiro atoms. The van der Waals surface area contributed by atoms with Crippen molar-refractivity contribution in [2.24, 2.45) is 0 Å². The predicted molar refractivity (Wildman–Crippen MR) is 110 cm³/mol. The highest BCUT2D eigenvalue weighted by atomic mass is 16.5. The Kier molecular flexibility index (Phi) is 8.34. The highest BCUT2D eigenvalue weighted by Crippen LogP contribution is 2.23. The molecule has 0 atom stereocenters. The molecule has 0 aromatic heterocycles. The molecule has 2 amide bonds. The Morgan fingerprint density at radius 2 is 1.71 bits per heavy atom. The Labute approximate surface area is 166 Å². The van der Waals surface area contributed by atoms with E-state index >= 15 is 0 Å². The molecule has 6 heteroatoms. The fraction of sp³-hybridized carbons (Fsp3) is 0.364. The van der Waals surface area contributed by atoms with Crippen LogP contribution in [0.3, 0.4) is 0 Å². The summed E-state index contributed by atoms with van der Waals surface area (Å²) in [7, 11) is 1.55. The van der Waals surface area contributed by atoms with Gasteiger partial charge in [0.05, 0.1) is 25.9 Å². The molecule has 0 aliphatic carbocycles. The molecule has 6 nitrogen and oxygen atoms in total. The number of carbonyl (C=O) groups excluding carboxylic acids is 2. The second-order valence-electron chi connectivity index (χ2n) is 6.37. The van der Waals surface area contributed by atoms with Gasteiger partial charge in [-0.25, -0.2) is 0 Å². The van der Waals surface area contributed by atoms with E-state index in [1.165, 1.54) is 0 Å². The van der Waals surface area contributed by atoms with Crippen molar-refractivity contribution in [1.82, 2.24) is 4.90 Å². The third kappa shape index (κ3) is 6.30. The molecule has 0 unspecified atom stereocenters. The zero-order chi connectivity index (χ0) is 20.4. The number of benzene rings is 2. The van der Waals surface area contributed by atoms with Gasteiger partial charge in [0, 0.05) is 13.0 Å². The van der Waals surface area contributed by atoms with Crippen LogP contribution in [-0.4, -0.2) is 43.5 Å². The molecule has 0 aliphatic rings. The van der Waals surface area contributed by atoms with Gasteiger partial charge in [-0.15, -0.1) is 0 Å². The molecule has 0 saturated heterocycles. The lowest BCUT2D eigenvalue weighted by Gasteiger charge is -2.21. The molecule has 150 valence electrons. The number of methoxy groups -OCH3 is 1. The molecule has 0 saturated carbocycles. The fourth-order valence-corrected chi connectivity index (χ4v) is 2.77. The first-order valence-electron chi connectivity index (χ1n) is 9.44. The summed E-state index contributed by atoms with van der Waals surface area (Å²) in [5, 5.41) is 2.79. The van der Waals surface area contributed by atoms with Gasteiger partial charge in [-0.1, -0.05) is 30.3 Å². The van der Waals surface area contributed by atoms with Gasteiger partial charge in [0.2, 0.25) is 11.8 Å². The van der Waals surface area contributed by atoms with E-state index in [0.717, 1.165) is 11.3 Å². The quantitative estimate of drug-likeness (QED) is 0.635. The summed E-state index contributed by atoms with van der Waals surface area (Å²) >= 11 is 0. The number of anilines is 1. The summed E-state index contributed by atoms with van der Waals surface area (Å²) in [6, 6.07) is 15.0. The summed E-state index contributed by atoms with van der Waals surface area (Å²) in [6.45, 7) is 4.78. The monoisotopic (exact) mass is 384 g/mol. The van der Waals surface area contributed by atoms with E-state index in [2.05, 4.69) is 5.32 Å². The van der Waals surface area contributed by atoms with E-state index in [1.54, 1.807) is 24.1 Å². The van der Waals surface area contributed by atoms with Gasteiger partial charge in [-0.2, -0.15) is 0 Å². The number of ether oxygens (including phenoxy) is 2. The van der Waals surface area contributed by atoms with Crippen molar-refractivity contribution in [2.75, 3.05) is 32.1 Å². The van der Waals surface area contributed by atoms with Crippen molar-refractivity contribution in [3.05, 3.63) is 54.1 Å². The molecule has 0 bridgehead atoms. The number of hydrogen-bond donors (Lipinski definition) is 1. The zero-order valence-electron chi connectivity index (χ0n) is 16.7. The number of nitrogens with zero attached hydrogens (tertiary/aromatic N) is 1. The van der Waals surface area contributed by atoms with E-state index in [-0.39, 0.29) is 18.4 Å². The molecule has 28 heavy (non-hydrogen) atoms. The minimum Gasteiger partial charge on any atom is -0.495 e. The molecular weight excluding hydrogens is 356 g/mol. The molecule has 2 aromatic rings. The van der Waals surface area contributed by atoms with Gasteiger partial charge < -0.3 is 19.7 Å². The third-order valence-electron chi connectivity index (χ3n) is 4.34. The summed E-state index contributed by atoms with van der Waals surface area (Å²) < 4.78 is 10.9. The number of para-hydroxylation sites is 3. The van der Waals surface area contributed by atoms with Gasteiger partial charge in [0.25, 0.3) is 0 Å². The van der Waals surface area contributed by atoms with E-state index in [0.29, 0.717) is 37.4 Å². The molecule has 0 radical (unpaired) electrons. The standard InChI is InChI=1S/C22H28N2O4/c1-4-24(16-21(25)23-18-11-6-8-13-20(18)27-3)22(26)14-9-15-28-19-12-7-5-10-17(19)2/h5-8,10-13H,4,9,14-16H2,1-3H3,(H,23,25). The molecule has 0 aliphatic heterocycles. The van der Waals surface area contributed by atoms with Crippen LogP contribution in [0.4, 0.5) is 5.69 Å². The molecule has 0 fully saturated rings. The van der Waals surface area contributed by atoms with E-state index < -0.39 is 0 Å². The van der Waals surface area contributed by atoms with Crippen molar-refractivity contribution in [1.29, 1.82) is 0 Å². The van der Waals surface area contributed by atoms with Crippen molar-refractivity contribution >= 4 is 17.5 Å². The van der Waals surface area contributed by atoms with Crippen LogP contribution in [0.25, 0.3) is 0 Å². The van der Waals surface area contributed by atoms with Gasteiger partial charge in [0.15, 0.2) is 0 Å². The maximum atomic E-state index is 12.4. The lowest BCUT2D eigenvalue weighted by Crippen LogP contribution is -2.37. The predicted octanol–water partition coefficient (Wildman–Crippen LogP) is 3.65. The fourth-order valence-electron chi connectivity index (χ4n) is 2.77. The minimum absolute atomic E-state index is 0.00598. The van der Waals surface area contributed by atoms with E-state index in [4.69, 9.17) is 9.47 Å². The molecule has 0 heterocycles. The maximum absolute atomic E-state index is 12.4. The normalized spacial score (nSPS) is 10.2. The second-order valence-corrected chi connectivity index (χ2v) is 6.37. The average Bonchev–Trinajstić information content (AvgIpc) is 2.70. The summed E-state index contributed by atoms with van der Waals surface area (Å²) in [5.74, 6) is 1.10. The zero-order valence-corrected chi connectivity index (χ0v) is 16.7. The molecular formula is C22H28N2O4. The number of rotatable bonds is 10. The number of carbonyl (C=O) groups is 2. The smallest absolute Gasteiger partial charge is 0.244 e. The summed E-state index contributed by atoms with van der Waals surface area (Å²) in [6.07, 6.45) is 0.930.